The lowest BCUT2D eigenvalue weighted by molar-refractivity contribution is -0.116. The molecule has 1 aliphatic carbocycles. The van der Waals surface area contributed by atoms with Crippen LogP contribution in [0.5, 0.6) is 0 Å². The second-order valence-corrected chi connectivity index (χ2v) is 10.3. The van der Waals surface area contributed by atoms with Crippen LogP contribution in [0.1, 0.15) is 74.8 Å². The van der Waals surface area contributed by atoms with E-state index in [2.05, 4.69) is 70.6 Å². The summed E-state index contributed by atoms with van der Waals surface area (Å²) in [5.74, 6) is 0.837. The predicted molar refractivity (Wildman–Crippen MR) is 137 cm³/mol. The zero-order valence-corrected chi connectivity index (χ0v) is 19.9. The Kier molecular flexibility index (Phi) is 7.14. The number of carbonyl (C=O) groups is 1. The molecule has 2 atom stereocenters. The Balaban J connectivity index is 1.27. The van der Waals surface area contributed by atoms with Gasteiger partial charge in [0.2, 0.25) is 0 Å². The molecule has 0 aromatic heterocycles. The lowest BCUT2D eigenvalue weighted by Gasteiger charge is -2.34. The van der Waals surface area contributed by atoms with Crippen LogP contribution in [0.2, 0.25) is 0 Å². The number of anilines is 1. The van der Waals surface area contributed by atoms with E-state index in [4.69, 9.17) is 0 Å². The summed E-state index contributed by atoms with van der Waals surface area (Å²) in [6.45, 7) is 2.17. The van der Waals surface area contributed by atoms with Crippen LogP contribution < -0.4 is 4.90 Å². The first-order valence-corrected chi connectivity index (χ1v) is 13.1. The third kappa shape index (κ3) is 5.34. The number of hydrogen-bond acceptors (Lipinski definition) is 3. The number of hydrogen-bond donors (Lipinski definition) is 0. The van der Waals surface area contributed by atoms with Crippen molar-refractivity contribution in [2.24, 2.45) is 0 Å². The minimum atomic E-state index is 0.258. The fourth-order valence-corrected chi connectivity index (χ4v) is 6.22. The second-order valence-electron chi connectivity index (χ2n) is 10.3. The molecule has 0 radical (unpaired) electrons. The molecular formula is C30H38N2O. The Morgan fingerprint density at radius 2 is 1.58 bits per heavy atom. The number of nitrogens with zero attached hydrogens (tertiary/aromatic N) is 2. The minimum Gasteiger partial charge on any atom is -0.373 e. The summed E-state index contributed by atoms with van der Waals surface area (Å²) in [6, 6.07) is 20.7. The largest absolute Gasteiger partial charge is 0.373 e. The lowest BCUT2D eigenvalue weighted by atomic mass is 9.94. The zero-order chi connectivity index (χ0) is 22.5. The lowest BCUT2D eigenvalue weighted by Crippen LogP contribution is -2.39. The molecule has 1 fully saturated rings. The molecule has 0 saturated heterocycles. The van der Waals surface area contributed by atoms with Crippen LogP contribution in [-0.4, -0.2) is 35.9 Å². The normalized spacial score (nSPS) is 23.9. The topological polar surface area (TPSA) is 23.6 Å². The van der Waals surface area contributed by atoms with Gasteiger partial charge >= 0.3 is 0 Å². The van der Waals surface area contributed by atoms with Crippen LogP contribution in [0.25, 0.3) is 0 Å². The van der Waals surface area contributed by atoms with Crippen molar-refractivity contribution in [3.63, 3.8) is 0 Å². The highest BCUT2D eigenvalue weighted by Gasteiger charge is 2.33. The van der Waals surface area contributed by atoms with Crippen LogP contribution >= 0.6 is 0 Å². The van der Waals surface area contributed by atoms with Crippen LogP contribution in [-0.2, 0) is 11.2 Å². The summed E-state index contributed by atoms with van der Waals surface area (Å²) in [4.78, 5) is 17.4. The van der Waals surface area contributed by atoms with Crippen LogP contribution in [0.15, 0.2) is 66.9 Å². The number of ketones is 1. The summed E-state index contributed by atoms with van der Waals surface area (Å²) in [5, 5.41) is 0. The van der Waals surface area contributed by atoms with Crippen LogP contribution in [0.4, 0.5) is 5.69 Å². The van der Waals surface area contributed by atoms with Crippen LogP contribution in [0.3, 0.4) is 0 Å². The molecule has 2 aromatic rings. The Morgan fingerprint density at radius 3 is 2.39 bits per heavy atom. The van der Waals surface area contributed by atoms with E-state index in [0.29, 0.717) is 18.4 Å². The van der Waals surface area contributed by atoms with E-state index in [1.807, 2.05) is 0 Å². The van der Waals surface area contributed by atoms with Gasteiger partial charge in [0.15, 0.2) is 5.78 Å². The molecular weight excluding hydrogens is 404 g/mol. The maximum absolute atomic E-state index is 12.2. The fraction of sp³-hybridized carbons (Fsp3) is 0.500. The quantitative estimate of drug-likeness (QED) is 0.511. The minimum absolute atomic E-state index is 0.258. The summed E-state index contributed by atoms with van der Waals surface area (Å²) < 4.78 is 0. The monoisotopic (exact) mass is 442 g/mol. The van der Waals surface area contributed by atoms with Gasteiger partial charge in [-0.05, 0) is 49.0 Å². The number of carbonyl (C=O) groups excluding carboxylic acids is 1. The van der Waals surface area contributed by atoms with Gasteiger partial charge in [-0.2, -0.15) is 0 Å². The van der Waals surface area contributed by atoms with E-state index < -0.39 is 0 Å². The van der Waals surface area contributed by atoms with Gasteiger partial charge in [-0.25, -0.2) is 0 Å². The predicted octanol–water partition coefficient (Wildman–Crippen LogP) is 6.49. The maximum atomic E-state index is 12.2. The Labute approximate surface area is 199 Å². The highest BCUT2D eigenvalue weighted by atomic mass is 16.1. The van der Waals surface area contributed by atoms with Crippen molar-refractivity contribution < 1.29 is 4.79 Å². The summed E-state index contributed by atoms with van der Waals surface area (Å²) in [6.07, 6.45) is 16.2. The molecule has 3 heteroatoms. The van der Waals surface area contributed by atoms with Crippen molar-refractivity contribution in [3.8, 4) is 0 Å². The molecule has 0 N–H and O–H groups in total. The van der Waals surface area contributed by atoms with E-state index in [0.717, 1.165) is 25.9 Å². The number of benzene rings is 2. The van der Waals surface area contributed by atoms with E-state index >= 15 is 0 Å². The first kappa shape index (κ1) is 22.3. The van der Waals surface area contributed by atoms with Crippen molar-refractivity contribution in [1.82, 2.24) is 4.90 Å². The SMILES string of the molecule is O=C1C=CN(CCC2CN(C3CCCCCCC3)c3ccccc32)C(Cc2ccccc2)C1. The number of fused-ring (bicyclic) bond motifs is 1. The summed E-state index contributed by atoms with van der Waals surface area (Å²) in [7, 11) is 0. The molecule has 3 aliphatic rings. The summed E-state index contributed by atoms with van der Waals surface area (Å²) >= 11 is 0. The third-order valence-electron chi connectivity index (χ3n) is 8.03. The zero-order valence-electron chi connectivity index (χ0n) is 19.9. The molecule has 2 aliphatic heterocycles. The summed E-state index contributed by atoms with van der Waals surface area (Å²) in [5.41, 5.74) is 4.34. The first-order chi connectivity index (χ1) is 16.3. The molecule has 1 saturated carbocycles. The smallest absolute Gasteiger partial charge is 0.159 e. The highest BCUT2D eigenvalue weighted by molar-refractivity contribution is 5.90. The van der Waals surface area contributed by atoms with Gasteiger partial charge in [-0.15, -0.1) is 0 Å². The molecule has 0 bridgehead atoms. The van der Waals surface area contributed by atoms with E-state index in [1.54, 1.807) is 6.08 Å². The highest BCUT2D eigenvalue weighted by Crippen LogP contribution is 2.41. The maximum Gasteiger partial charge on any atom is 0.159 e. The Bertz CT molecular complexity index is 945. The van der Waals surface area contributed by atoms with E-state index in [-0.39, 0.29) is 11.8 Å². The molecule has 33 heavy (non-hydrogen) atoms. The number of allylic oxidation sites excluding steroid dienone is 1. The van der Waals surface area contributed by atoms with Gasteiger partial charge in [0, 0.05) is 49.4 Å². The molecule has 0 amide bonds. The van der Waals surface area contributed by atoms with Crippen LogP contribution in [0, 0.1) is 0 Å². The first-order valence-electron chi connectivity index (χ1n) is 13.1. The second kappa shape index (κ2) is 10.6. The molecule has 174 valence electrons. The van der Waals surface area contributed by atoms with Crippen molar-refractivity contribution in [2.45, 2.75) is 82.2 Å². The number of para-hydroxylation sites is 1. The fourth-order valence-electron chi connectivity index (χ4n) is 6.22. The van der Waals surface area contributed by atoms with Gasteiger partial charge in [-0.1, -0.05) is 80.6 Å². The van der Waals surface area contributed by atoms with E-state index in [9.17, 15) is 4.79 Å². The Hall–Kier alpha value is -2.55. The average molecular weight is 443 g/mol. The molecule has 2 heterocycles. The van der Waals surface area contributed by atoms with Crippen molar-refractivity contribution in [2.75, 3.05) is 18.0 Å². The molecule has 2 unspecified atom stereocenters. The molecule has 5 rings (SSSR count). The van der Waals surface area contributed by atoms with Gasteiger partial charge in [0.25, 0.3) is 0 Å². The molecule has 0 spiro atoms. The van der Waals surface area contributed by atoms with Crippen molar-refractivity contribution in [3.05, 3.63) is 78.0 Å². The Morgan fingerprint density at radius 1 is 0.848 bits per heavy atom. The van der Waals surface area contributed by atoms with E-state index in [1.165, 1.54) is 61.8 Å². The molecule has 3 nitrogen and oxygen atoms in total. The third-order valence-corrected chi connectivity index (χ3v) is 8.03. The van der Waals surface area contributed by atoms with Gasteiger partial charge in [-0.3, -0.25) is 4.79 Å². The number of rotatable bonds is 6. The van der Waals surface area contributed by atoms with Crippen molar-refractivity contribution >= 4 is 11.5 Å². The van der Waals surface area contributed by atoms with Gasteiger partial charge in [0.05, 0.1) is 0 Å². The van der Waals surface area contributed by atoms with Gasteiger partial charge in [0.1, 0.15) is 0 Å². The van der Waals surface area contributed by atoms with Gasteiger partial charge < -0.3 is 9.80 Å². The standard InChI is InChI=1S/C30H38N2O/c33-28-18-20-31(27(22-28)21-24-11-5-4-6-12-24)19-17-25-23-32(30-16-10-9-15-29(25)30)26-13-7-2-1-3-8-14-26/h4-6,9-12,15-16,18,20,25-27H,1-3,7-8,13-14,17,19,21-23H2. The van der Waals surface area contributed by atoms with Crippen molar-refractivity contribution in [1.29, 1.82) is 0 Å². The average Bonchev–Trinajstić information content (AvgIpc) is 3.18. The molecule has 2 aromatic carbocycles.